The molecule has 4 aromatic rings. The molecule has 220 valence electrons. The van der Waals surface area contributed by atoms with Crippen molar-refractivity contribution in [3.8, 4) is 5.69 Å². The number of carbonyl (C=O) groups is 1. The molecule has 3 atom stereocenters. The van der Waals surface area contributed by atoms with Crippen LogP contribution in [0.15, 0.2) is 65.8 Å². The van der Waals surface area contributed by atoms with Crippen molar-refractivity contribution < 1.29 is 18.3 Å². The Bertz CT molecular complexity index is 1740. The molecule has 0 unspecified atom stereocenters. The van der Waals surface area contributed by atoms with Crippen LogP contribution in [0.1, 0.15) is 82.9 Å². The topological polar surface area (TPSA) is 110 Å². The van der Waals surface area contributed by atoms with Gasteiger partial charge in [-0.1, -0.05) is 54.8 Å². The molecular weight excluding hydrogens is 550 g/mol. The largest absolute Gasteiger partial charge is 0.478 e. The lowest BCUT2D eigenvalue weighted by molar-refractivity contribution is 0.0695. The summed E-state index contributed by atoms with van der Waals surface area (Å²) in [4.78, 5) is 12.6. The number of aromatic nitrogens is 4. The maximum Gasteiger partial charge on any atom is 0.337 e. The van der Waals surface area contributed by atoms with Gasteiger partial charge in [-0.2, -0.15) is 4.31 Å². The van der Waals surface area contributed by atoms with Crippen molar-refractivity contribution in [3.05, 3.63) is 94.6 Å². The molecule has 6 rings (SSSR count). The molecule has 2 aromatic heterocycles. The zero-order valence-electron chi connectivity index (χ0n) is 24.3. The first-order valence-electron chi connectivity index (χ1n) is 14.7. The van der Waals surface area contributed by atoms with Gasteiger partial charge in [0.05, 0.1) is 16.2 Å². The molecule has 2 aliphatic rings. The Morgan fingerprint density at radius 3 is 2.69 bits per heavy atom. The molecule has 1 saturated carbocycles. The van der Waals surface area contributed by atoms with Crippen molar-refractivity contribution >= 4 is 16.0 Å². The lowest BCUT2D eigenvalue weighted by Gasteiger charge is -2.24. The van der Waals surface area contributed by atoms with Gasteiger partial charge >= 0.3 is 5.97 Å². The lowest BCUT2D eigenvalue weighted by atomic mass is 9.93. The Hall–Kier alpha value is -3.76. The smallest absolute Gasteiger partial charge is 0.337 e. The fourth-order valence-electron chi connectivity index (χ4n) is 6.45. The molecule has 3 heterocycles. The summed E-state index contributed by atoms with van der Waals surface area (Å²) in [6.07, 6.45) is 8.35. The van der Waals surface area contributed by atoms with Gasteiger partial charge in [-0.25, -0.2) is 13.2 Å². The summed E-state index contributed by atoms with van der Waals surface area (Å²) >= 11 is 0. The number of benzene rings is 2. The van der Waals surface area contributed by atoms with E-state index in [-0.39, 0.29) is 29.9 Å². The lowest BCUT2D eigenvalue weighted by Crippen LogP contribution is -2.33. The van der Waals surface area contributed by atoms with Gasteiger partial charge < -0.3 is 9.67 Å². The predicted octanol–water partition coefficient (Wildman–Crippen LogP) is 5.44. The zero-order valence-corrected chi connectivity index (χ0v) is 25.1. The van der Waals surface area contributed by atoms with E-state index in [1.807, 2.05) is 61.1 Å². The third-order valence-electron chi connectivity index (χ3n) is 8.62. The van der Waals surface area contributed by atoms with Crippen LogP contribution in [-0.4, -0.2) is 49.9 Å². The van der Waals surface area contributed by atoms with Crippen LogP contribution in [0, 0.1) is 12.8 Å². The number of sulfonamides is 1. The van der Waals surface area contributed by atoms with Gasteiger partial charge in [0.15, 0.2) is 0 Å². The maximum absolute atomic E-state index is 14.0. The molecule has 9 nitrogen and oxygen atoms in total. The quantitative estimate of drug-likeness (QED) is 0.279. The van der Waals surface area contributed by atoms with Crippen LogP contribution in [-0.2, 0) is 30.0 Å². The molecule has 0 saturated heterocycles. The summed E-state index contributed by atoms with van der Waals surface area (Å²) in [5, 5.41) is 18.3. The summed E-state index contributed by atoms with van der Waals surface area (Å²) < 4.78 is 33.2. The Morgan fingerprint density at radius 2 is 1.95 bits per heavy atom. The fourth-order valence-corrected chi connectivity index (χ4v) is 8.17. The normalized spacial score (nSPS) is 21.5. The highest BCUT2D eigenvalue weighted by molar-refractivity contribution is 7.89. The molecule has 0 spiro atoms. The summed E-state index contributed by atoms with van der Waals surface area (Å²) in [7, 11) is -1.87. The van der Waals surface area contributed by atoms with Crippen LogP contribution in [0.3, 0.4) is 0 Å². The number of hydrogen-bond acceptors (Lipinski definition) is 5. The monoisotopic (exact) mass is 587 g/mol. The van der Waals surface area contributed by atoms with E-state index >= 15 is 0 Å². The van der Waals surface area contributed by atoms with E-state index in [0.29, 0.717) is 11.4 Å². The molecule has 1 N–H and O–H groups in total. The van der Waals surface area contributed by atoms with E-state index in [9.17, 15) is 18.3 Å². The average Bonchev–Trinajstić information content (AvgIpc) is 3.42. The van der Waals surface area contributed by atoms with Crippen LogP contribution in [0.4, 0.5) is 0 Å². The summed E-state index contributed by atoms with van der Waals surface area (Å²) in [6.45, 7) is 4.89. The molecule has 0 radical (unpaired) electrons. The summed E-state index contributed by atoms with van der Waals surface area (Å²) in [5.41, 5.74) is 5.52. The number of carboxylic acids is 1. The van der Waals surface area contributed by atoms with E-state index in [4.69, 9.17) is 0 Å². The van der Waals surface area contributed by atoms with Crippen molar-refractivity contribution in [1.82, 2.24) is 23.9 Å². The van der Waals surface area contributed by atoms with Gasteiger partial charge in [-0.15, -0.1) is 5.10 Å². The van der Waals surface area contributed by atoms with Gasteiger partial charge in [0.25, 0.3) is 0 Å². The molecule has 0 bridgehead atoms. The third-order valence-corrected chi connectivity index (χ3v) is 10.5. The van der Waals surface area contributed by atoms with Gasteiger partial charge in [-0.05, 0) is 67.5 Å². The predicted molar refractivity (Wildman–Crippen MR) is 159 cm³/mol. The molecule has 1 aliphatic carbocycles. The molecule has 2 aromatic carbocycles. The molecule has 10 heteroatoms. The minimum atomic E-state index is -3.69. The van der Waals surface area contributed by atoms with Crippen molar-refractivity contribution in [3.63, 3.8) is 0 Å². The van der Waals surface area contributed by atoms with Gasteiger partial charge in [0, 0.05) is 55.7 Å². The Kier molecular flexibility index (Phi) is 7.53. The molecule has 1 fully saturated rings. The number of carboxylic acid groups (broad SMARTS) is 1. The highest BCUT2D eigenvalue weighted by Gasteiger charge is 2.45. The fraction of sp³-hybridized carbons (Fsp3) is 0.406. The zero-order chi connectivity index (χ0) is 29.6. The van der Waals surface area contributed by atoms with E-state index < -0.39 is 16.0 Å². The first kappa shape index (κ1) is 28.4. The minimum Gasteiger partial charge on any atom is -0.478 e. The number of nitrogens with zero attached hydrogens (tertiary/aromatic N) is 5. The standard InChI is InChI=1S/C32H37N5O4S/c1-4-5-7-22-15-24-14-21(2)10-11-30(24)42(40,41)36(18-22)19-23-8-6-9-25(16-23)37-13-12-26(32(38)39)31(37)28-17-27(28)29-20-35(3)34-33-29/h6,8-14,16,20,22,27-28H,4-5,7,15,17-19H2,1-3H3,(H,38,39)/t22-,27+,28+/m0/s1. The highest BCUT2D eigenvalue weighted by atomic mass is 32.2. The summed E-state index contributed by atoms with van der Waals surface area (Å²) in [5.74, 6) is -0.600. The van der Waals surface area contributed by atoms with Crippen LogP contribution in [0.5, 0.6) is 0 Å². The van der Waals surface area contributed by atoms with Crippen LogP contribution in [0.25, 0.3) is 5.69 Å². The second-order valence-electron chi connectivity index (χ2n) is 11.8. The van der Waals surface area contributed by atoms with Crippen LogP contribution >= 0.6 is 0 Å². The second-order valence-corrected chi connectivity index (χ2v) is 13.8. The molecular formula is C32H37N5O4S. The van der Waals surface area contributed by atoms with E-state index in [1.165, 1.54) is 0 Å². The third kappa shape index (κ3) is 5.41. The van der Waals surface area contributed by atoms with Crippen molar-refractivity contribution in [2.75, 3.05) is 6.54 Å². The van der Waals surface area contributed by atoms with Crippen molar-refractivity contribution in [2.24, 2.45) is 13.0 Å². The minimum absolute atomic E-state index is 0.0109. The van der Waals surface area contributed by atoms with E-state index in [1.54, 1.807) is 27.3 Å². The Morgan fingerprint density at radius 1 is 1.12 bits per heavy atom. The van der Waals surface area contributed by atoms with Crippen LogP contribution in [0.2, 0.25) is 0 Å². The number of aryl methyl sites for hydroxylation is 2. The number of unbranched alkanes of at least 4 members (excludes halogenated alkanes) is 1. The van der Waals surface area contributed by atoms with Crippen LogP contribution < -0.4 is 0 Å². The van der Waals surface area contributed by atoms with E-state index in [2.05, 4.69) is 17.2 Å². The van der Waals surface area contributed by atoms with E-state index in [0.717, 1.165) is 65.9 Å². The van der Waals surface area contributed by atoms with Gasteiger partial charge in [-0.3, -0.25) is 4.68 Å². The average molecular weight is 588 g/mol. The molecule has 1 aliphatic heterocycles. The summed E-state index contributed by atoms with van der Waals surface area (Å²) in [6, 6.07) is 15.1. The first-order valence-corrected chi connectivity index (χ1v) is 16.1. The number of aromatic carboxylic acids is 1. The Labute approximate surface area is 246 Å². The number of fused-ring (bicyclic) bond motifs is 1. The molecule has 0 amide bonds. The molecule has 42 heavy (non-hydrogen) atoms. The van der Waals surface area contributed by atoms with Gasteiger partial charge in [0.2, 0.25) is 10.0 Å². The number of hydrogen-bond donors (Lipinski definition) is 1. The van der Waals surface area contributed by atoms with Gasteiger partial charge in [0.1, 0.15) is 0 Å². The highest BCUT2D eigenvalue weighted by Crippen LogP contribution is 2.55. The SMILES string of the molecule is CCCC[C@H]1Cc2cc(C)ccc2S(=O)(=O)N(Cc2cccc(-n3ccc(C(=O)O)c3[C@@H]3C[C@H]3c3cn(C)nn3)c2)C1. The van der Waals surface area contributed by atoms with Crippen molar-refractivity contribution in [2.45, 2.75) is 69.2 Å². The second kappa shape index (κ2) is 11.1. The maximum atomic E-state index is 14.0. The first-order chi connectivity index (χ1) is 20.2. The number of rotatable bonds is 9. The Balaban J connectivity index is 1.33. The van der Waals surface area contributed by atoms with Crippen molar-refractivity contribution in [1.29, 1.82) is 0 Å².